The average molecular weight is 575 g/mol. The summed E-state index contributed by atoms with van der Waals surface area (Å²) in [5.74, 6) is 0. The van der Waals surface area contributed by atoms with Crippen LogP contribution in [0.1, 0.15) is 11.1 Å². The molecule has 1 heteroatoms. The van der Waals surface area contributed by atoms with E-state index in [9.17, 15) is 0 Å². The number of allylic oxidation sites excluding steroid dienone is 4. The van der Waals surface area contributed by atoms with Crippen molar-refractivity contribution in [1.29, 1.82) is 0 Å². The van der Waals surface area contributed by atoms with Crippen LogP contribution in [-0.2, 0) is 0 Å². The van der Waals surface area contributed by atoms with Crippen molar-refractivity contribution in [1.82, 2.24) is 0 Å². The van der Waals surface area contributed by atoms with Gasteiger partial charge in [0.05, 0.1) is 0 Å². The Morgan fingerprint density at radius 2 is 1.00 bits per heavy atom. The topological polar surface area (TPSA) is 13.1 Å². The molecule has 0 bridgehead atoms. The number of benzene rings is 7. The summed E-state index contributed by atoms with van der Waals surface area (Å²) in [6.45, 7) is 4.20. The Kier molecular flexibility index (Phi) is 6.70. The summed E-state index contributed by atoms with van der Waals surface area (Å²) in [6.07, 6.45) is 8.28. The third-order valence-electron chi connectivity index (χ3n) is 8.62. The van der Waals surface area contributed by atoms with Gasteiger partial charge in [0.1, 0.15) is 11.2 Å². The molecular weight excluding hydrogens is 544 g/mol. The molecule has 0 aliphatic rings. The van der Waals surface area contributed by atoms with Gasteiger partial charge in [0.15, 0.2) is 0 Å². The predicted molar refractivity (Wildman–Crippen MR) is 193 cm³/mol. The van der Waals surface area contributed by atoms with Gasteiger partial charge in [0.25, 0.3) is 0 Å². The third kappa shape index (κ3) is 4.85. The Labute approximate surface area is 262 Å². The molecule has 8 aromatic rings. The van der Waals surface area contributed by atoms with Crippen LogP contribution in [0.2, 0.25) is 0 Å². The highest BCUT2D eigenvalue weighted by molar-refractivity contribution is 6.22. The molecule has 0 saturated heterocycles. The van der Waals surface area contributed by atoms with Gasteiger partial charge in [-0.2, -0.15) is 0 Å². The normalized spacial score (nSPS) is 11.9. The lowest BCUT2D eigenvalue weighted by molar-refractivity contribution is 0.669. The minimum Gasteiger partial charge on any atom is -0.456 e. The van der Waals surface area contributed by atoms with Crippen LogP contribution in [0.15, 0.2) is 175 Å². The van der Waals surface area contributed by atoms with Gasteiger partial charge in [-0.05, 0) is 84.8 Å². The molecule has 0 spiro atoms. The maximum Gasteiger partial charge on any atom is 0.135 e. The Morgan fingerprint density at radius 3 is 1.64 bits per heavy atom. The Morgan fingerprint density at radius 1 is 0.467 bits per heavy atom. The zero-order chi connectivity index (χ0) is 30.2. The molecule has 212 valence electrons. The van der Waals surface area contributed by atoms with Gasteiger partial charge >= 0.3 is 0 Å². The van der Waals surface area contributed by atoms with Crippen molar-refractivity contribution in [2.75, 3.05) is 0 Å². The summed E-state index contributed by atoms with van der Waals surface area (Å²) in [5, 5.41) is 7.23. The second-order valence-corrected chi connectivity index (χ2v) is 11.4. The van der Waals surface area contributed by atoms with E-state index in [1.807, 2.05) is 30.4 Å². The molecular formula is C44H30O. The molecule has 1 nitrogen and oxygen atoms in total. The van der Waals surface area contributed by atoms with Crippen LogP contribution in [-0.4, -0.2) is 0 Å². The van der Waals surface area contributed by atoms with Gasteiger partial charge in [0, 0.05) is 10.8 Å². The second-order valence-electron chi connectivity index (χ2n) is 11.4. The van der Waals surface area contributed by atoms with Gasteiger partial charge in [-0.25, -0.2) is 0 Å². The lowest BCUT2D eigenvalue weighted by Crippen LogP contribution is -1.90. The monoisotopic (exact) mass is 574 g/mol. The van der Waals surface area contributed by atoms with Crippen molar-refractivity contribution >= 4 is 55.1 Å². The molecule has 0 fully saturated rings. The van der Waals surface area contributed by atoms with Crippen molar-refractivity contribution in [3.8, 4) is 22.3 Å². The van der Waals surface area contributed by atoms with Gasteiger partial charge in [-0.15, -0.1) is 0 Å². The summed E-state index contributed by atoms with van der Waals surface area (Å²) < 4.78 is 6.31. The van der Waals surface area contributed by atoms with E-state index in [0.29, 0.717) is 0 Å². The fourth-order valence-corrected chi connectivity index (χ4v) is 6.50. The van der Waals surface area contributed by atoms with Gasteiger partial charge in [-0.1, -0.05) is 152 Å². The second kappa shape index (κ2) is 11.3. The van der Waals surface area contributed by atoms with Crippen LogP contribution in [0.3, 0.4) is 0 Å². The van der Waals surface area contributed by atoms with Crippen LogP contribution in [0, 0.1) is 0 Å². The van der Waals surface area contributed by atoms with Crippen LogP contribution in [0.25, 0.3) is 77.4 Å². The molecule has 0 aliphatic carbocycles. The molecule has 0 radical (unpaired) electrons. The SMILES string of the molecule is C=C(/C=C\C=C\c1ccc2oc3ccc(-c4c5ccccc5c(-c5ccccc5)c5ccccc45)cc3c2c1)c1ccccc1. The quantitative estimate of drug-likeness (QED) is 0.142. The number of furan rings is 1. The first-order valence-electron chi connectivity index (χ1n) is 15.3. The van der Waals surface area contributed by atoms with E-state index >= 15 is 0 Å². The van der Waals surface area contributed by atoms with Crippen molar-refractivity contribution in [2.45, 2.75) is 0 Å². The molecule has 1 aromatic heterocycles. The number of fused-ring (bicyclic) bond motifs is 5. The predicted octanol–water partition coefficient (Wildman–Crippen LogP) is 12.5. The minimum absolute atomic E-state index is 0.890. The fourth-order valence-electron chi connectivity index (χ4n) is 6.50. The standard InChI is InChI=1S/C44H30O/c1-30(32-16-4-2-5-17-32)14-8-9-15-31-24-26-41-39(28-31)40-29-34(25-27-42(40)45-41)44-37-22-12-10-20-35(37)43(33-18-6-3-7-19-33)36-21-11-13-23-38(36)44/h2-29H,1H2/b14-8-,15-9+. The van der Waals surface area contributed by atoms with E-state index in [-0.39, 0.29) is 0 Å². The molecule has 0 unspecified atom stereocenters. The van der Waals surface area contributed by atoms with Crippen molar-refractivity contribution in [3.63, 3.8) is 0 Å². The fraction of sp³-hybridized carbons (Fsp3) is 0. The Bertz CT molecular complexity index is 2360. The molecule has 0 atom stereocenters. The van der Waals surface area contributed by atoms with Gasteiger partial charge in [-0.3, -0.25) is 0 Å². The third-order valence-corrected chi connectivity index (χ3v) is 8.62. The van der Waals surface area contributed by atoms with E-state index in [1.54, 1.807) is 0 Å². The molecule has 8 rings (SSSR count). The van der Waals surface area contributed by atoms with Crippen LogP contribution < -0.4 is 0 Å². The summed E-state index contributed by atoms with van der Waals surface area (Å²) in [4.78, 5) is 0. The lowest BCUT2D eigenvalue weighted by atomic mass is 9.86. The highest BCUT2D eigenvalue weighted by Gasteiger charge is 2.17. The molecule has 7 aromatic carbocycles. The largest absolute Gasteiger partial charge is 0.456 e. The summed E-state index contributed by atoms with van der Waals surface area (Å²) >= 11 is 0. The first-order valence-corrected chi connectivity index (χ1v) is 15.3. The Balaban J connectivity index is 1.24. The van der Waals surface area contributed by atoms with Crippen molar-refractivity contribution in [2.24, 2.45) is 0 Å². The van der Waals surface area contributed by atoms with Gasteiger partial charge in [0.2, 0.25) is 0 Å². The van der Waals surface area contributed by atoms with Gasteiger partial charge < -0.3 is 4.42 Å². The van der Waals surface area contributed by atoms with E-state index in [1.165, 1.54) is 43.8 Å². The maximum atomic E-state index is 6.31. The van der Waals surface area contributed by atoms with E-state index in [2.05, 4.69) is 146 Å². The highest BCUT2D eigenvalue weighted by Crippen LogP contribution is 2.44. The summed E-state index contributed by atoms with van der Waals surface area (Å²) in [7, 11) is 0. The van der Waals surface area contributed by atoms with Crippen LogP contribution in [0.5, 0.6) is 0 Å². The minimum atomic E-state index is 0.890. The molecule has 0 N–H and O–H groups in total. The molecule has 45 heavy (non-hydrogen) atoms. The van der Waals surface area contributed by atoms with Crippen molar-refractivity contribution < 1.29 is 4.42 Å². The molecule has 0 aliphatic heterocycles. The zero-order valence-electron chi connectivity index (χ0n) is 24.8. The summed E-state index contributed by atoms with van der Waals surface area (Å²) in [6, 6.07) is 51.5. The maximum absolute atomic E-state index is 6.31. The summed E-state index contributed by atoms with van der Waals surface area (Å²) in [5.41, 5.74) is 9.95. The number of hydrogen-bond acceptors (Lipinski definition) is 1. The molecule has 1 heterocycles. The number of hydrogen-bond donors (Lipinski definition) is 0. The Hall–Kier alpha value is -5.92. The zero-order valence-corrected chi connectivity index (χ0v) is 24.8. The number of rotatable bonds is 6. The first kappa shape index (κ1) is 26.7. The average Bonchev–Trinajstić information content (AvgIpc) is 3.47. The molecule has 0 saturated carbocycles. The van der Waals surface area contributed by atoms with Crippen molar-refractivity contribution in [3.05, 3.63) is 182 Å². The van der Waals surface area contributed by atoms with E-state index in [0.717, 1.165) is 38.6 Å². The first-order chi connectivity index (χ1) is 22.2. The highest BCUT2D eigenvalue weighted by atomic mass is 16.3. The smallest absolute Gasteiger partial charge is 0.135 e. The van der Waals surface area contributed by atoms with Crippen LogP contribution in [0.4, 0.5) is 0 Å². The van der Waals surface area contributed by atoms with Crippen LogP contribution >= 0.6 is 0 Å². The van der Waals surface area contributed by atoms with E-state index in [4.69, 9.17) is 4.42 Å². The lowest BCUT2D eigenvalue weighted by Gasteiger charge is -2.17. The van der Waals surface area contributed by atoms with E-state index < -0.39 is 0 Å². The molecule has 0 amide bonds.